The van der Waals surface area contributed by atoms with Crippen LogP contribution in [0.5, 0.6) is 11.5 Å². The van der Waals surface area contributed by atoms with Crippen LogP contribution in [0.25, 0.3) is 0 Å². The molecule has 0 amide bonds. The summed E-state index contributed by atoms with van der Waals surface area (Å²) in [6, 6.07) is 4.93. The second-order valence-electron chi connectivity index (χ2n) is 14.0. The quantitative estimate of drug-likeness (QED) is 0.660. The summed E-state index contributed by atoms with van der Waals surface area (Å²) >= 11 is 0. The number of piperidine rings is 1. The number of rotatable bonds is 5. The number of aliphatic hydroxyl groups is 1. The minimum Gasteiger partial charge on any atom is -0.493 e. The number of ether oxygens (including phenoxy) is 3. The first-order valence-electron chi connectivity index (χ1n) is 13.9. The van der Waals surface area contributed by atoms with Crippen LogP contribution in [-0.2, 0) is 16.6 Å². The highest BCUT2D eigenvalue weighted by molar-refractivity contribution is 5.63. The van der Waals surface area contributed by atoms with Crippen LogP contribution >= 0.6 is 0 Å². The minimum absolute atomic E-state index is 0.0112. The fraction of sp³-hybridized carbons (Fsp3) is 0.800. The second-order valence-corrected chi connectivity index (χ2v) is 14.0. The molecule has 0 radical (unpaired) electrons. The molecule has 2 spiro atoms. The lowest BCUT2D eigenvalue weighted by molar-refractivity contribution is -0.312. The van der Waals surface area contributed by atoms with Gasteiger partial charge in [0.1, 0.15) is 11.7 Å². The molecular weight excluding hydrogens is 438 g/mol. The molecule has 7 atom stereocenters. The highest BCUT2D eigenvalue weighted by Gasteiger charge is 2.82. The Morgan fingerprint density at radius 1 is 1.11 bits per heavy atom. The molecule has 7 aliphatic rings. The summed E-state index contributed by atoms with van der Waals surface area (Å²) in [5.74, 6) is 2.71. The highest BCUT2D eigenvalue weighted by Crippen LogP contribution is 2.78. The van der Waals surface area contributed by atoms with Crippen LogP contribution in [0.4, 0.5) is 0 Å². The van der Waals surface area contributed by atoms with E-state index in [1.807, 2.05) is 7.11 Å². The molecule has 1 N–H and O–H groups in total. The van der Waals surface area contributed by atoms with Crippen molar-refractivity contribution in [2.24, 2.45) is 22.7 Å². The Morgan fingerprint density at radius 3 is 2.54 bits per heavy atom. The molecule has 35 heavy (non-hydrogen) atoms. The van der Waals surface area contributed by atoms with Crippen molar-refractivity contribution in [3.8, 4) is 11.5 Å². The second kappa shape index (κ2) is 6.76. The maximum atomic E-state index is 12.3. The summed E-state index contributed by atoms with van der Waals surface area (Å²) in [4.78, 5) is 2.86. The molecule has 2 aliphatic heterocycles. The fourth-order valence-electron chi connectivity index (χ4n) is 9.73. The van der Waals surface area contributed by atoms with E-state index < -0.39 is 11.2 Å². The van der Waals surface area contributed by atoms with Crippen molar-refractivity contribution in [1.82, 2.24) is 4.90 Å². The molecule has 1 aromatic rings. The van der Waals surface area contributed by atoms with Crippen LogP contribution in [0.1, 0.15) is 77.3 Å². The van der Waals surface area contributed by atoms with E-state index in [2.05, 4.69) is 44.7 Å². The third-order valence-electron chi connectivity index (χ3n) is 12.1. The summed E-state index contributed by atoms with van der Waals surface area (Å²) in [6.07, 6.45) is 8.00. The SMILES string of the molecule is COc1ccc2c3c1O[C@H]1[C@]4(OC)CC[C@]5(CC4C(C)(O)C(C)(C)C)[C@@H](C2)N(CC2CC2)CC[C@]315. The Labute approximate surface area is 210 Å². The van der Waals surface area contributed by atoms with Crippen LogP contribution < -0.4 is 9.47 Å². The maximum absolute atomic E-state index is 12.3. The van der Waals surface area contributed by atoms with Crippen LogP contribution in [0, 0.1) is 22.7 Å². The largest absolute Gasteiger partial charge is 0.493 e. The molecule has 5 aliphatic carbocycles. The number of hydrogen-bond donors (Lipinski definition) is 1. The standard InChI is InChI=1S/C30H43NO4/c1-26(2,3)27(4,32)21-16-28-11-12-30(21,34-6)25-29(28)13-14-31(17-18-7-8-18)22(28)15-19-9-10-20(33-5)24(35-25)23(19)29/h9-10,18,21-22,25,32H,7-8,11-17H2,1-6H3/t21?,22-,25-,27?,28+,29+,30+/m1/s1. The van der Waals surface area contributed by atoms with E-state index in [1.54, 1.807) is 7.11 Å². The summed E-state index contributed by atoms with van der Waals surface area (Å²) < 4.78 is 19.6. The average Bonchev–Trinajstić information content (AvgIpc) is 3.56. The summed E-state index contributed by atoms with van der Waals surface area (Å²) in [7, 11) is 3.63. The van der Waals surface area contributed by atoms with Crippen molar-refractivity contribution >= 4 is 0 Å². The molecule has 5 fully saturated rings. The third kappa shape index (κ3) is 2.47. The van der Waals surface area contributed by atoms with E-state index in [0.29, 0.717) is 6.04 Å². The van der Waals surface area contributed by atoms with Crippen LogP contribution in [0.2, 0.25) is 0 Å². The van der Waals surface area contributed by atoms with Gasteiger partial charge in [0.05, 0.1) is 12.7 Å². The fourth-order valence-corrected chi connectivity index (χ4v) is 9.73. The van der Waals surface area contributed by atoms with Crippen molar-refractivity contribution in [1.29, 1.82) is 0 Å². The van der Waals surface area contributed by atoms with Crippen molar-refractivity contribution in [2.75, 3.05) is 27.3 Å². The van der Waals surface area contributed by atoms with E-state index in [1.165, 1.54) is 30.5 Å². The number of methoxy groups -OCH3 is 2. The van der Waals surface area contributed by atoms with Gasteiger partial charge in [-0.15, -0.1) is 0 Å². The lowest BCUT2D eigenvalue weighted by atomic mass is 9.33. The molecule has 5 heteroatoms. The Morgan fingerprint density at radius 2 is 1.89 bits per heavy atom. The normalized spacial score (nSPS) is 42.9. The van der Waals surface area contributed by atoms with Crippen molar-refractivity contribution in [2.45, 2.75) is 101 Å². The van der Waals surface area contributed by atoms with Gasteiger partial charge in [-0.3, -0.25) is 4.90 Å². The molecule has 1 saturated heterocycles. The predicted molar refractivity (Wildman–Crippen MR) is 135 cm³/mol. The smallest absolute Gasteiger partial charge is 0.165 e. The van der Waals surface area contributed by atoms with E-state index in [9.17, 15) is 5.11 Å². The summed E-state index contributed by atoms with van der Waals surface area (Å²) in [6.45, 7) is 11.0. The molecule has 5 nitrogen and oxygen atoms in total. The van der Waals surface area contributed by atoms with Crippen molar-refractivity contribution in [3.05, 3.63) is 23.3 Å². The first kappa shape index (κ1) is 22.9. The van der Waals surface area contributed by atoms with Gasteiger partial charge < -0.3 is 19.3 Å². The van der Waals surface area contributed by atoms with Gasteiger partial charge in [0.2, 0.25) is 0 Å². The van der Waals surface area contributed by atoms with E-state index in [-0.39, 0.29) is 28.3 Å². The van der Waals surface area contributed by atoms with Crippen molar-refractivity contribution in [3.63, 3.8) is 0 Å². The number of nitrogens with zero attached hydrogens (tertiary/aromatic N) is 1. The number of benzene rings is 1. The zero-order valence-corrected chi connectivity index (χ0v) is 22.4. The zero-order chi connectivity index (χ0) is 24.6. The van der Waals surface area contributed by atoms with Gasteiger partial charge in [-0.25, -0.2) is 0 Å². The minimum atomic E-state index is -0.879. The van der Waals surface area contributed by atoms with Gasteiger partial charge in [0, 0.05) is 42.0 Å². The Kier molecular flexibility index (Phi) is 4.42. The number of fused-ring (bicyclic) bond motifs is 2. The van der Waals surface area contributed by atoms with Crippen molar-refractivity contribution < 1.29 is 19.3 Å². The van der Waals surface area contributed by atoms with E-state index in [4.69, 9.17) is 14.2 Å². The van der Waals surface area contributed by atoms with Gasteiger partial charge >= 0.3 is 0 Å². The van der Waals surface area contributed by atoms with Crippen LogP contribution in [0.15, 0.2) is 12.1 Å². The zero-order valence-electron chi connectivity index (χ0n) is 22.4. The lowest BCUT2D eigenvalue weighted by Gasteiger charge is -2.75. The molecule has 4 bridgehead atoms. The first-order chi connectivity index (χ1) is 16.6. The van der Waals surface area contributed by atoms with Gasteiger partial charge in [0.15, 0.2) is 11.5 Å². The number of likely N-dealkylation sites (tertiary alicyclic amines) is 1. The summed E-state index contributed by atoms with van der Waals surface area (Å²) in [5.41, 5.74) is 1.26. The Balaban J connectivity index is 1.48. The van der Waals surface area contributed by atoms with E-state index in [0.717, 1.165) is 56.1 Å². The average molecular weight is 482 g/mol. The molecule has 0 aromatic heterocycles. The number of hydrogen-bond acceptors (Lipinski definition) is 5. The lowest BCUT2D eigenvalue weighted by Crippen LogP contribution is -2.83. The van der Waals surface area contributed by atoms with Gasteiger partial charge in [-0.05, 0) is 81.4 Å². The van der Waals surface area contributed by atoms with E-state index >= 15 is 0 Å². The Hall–Kier alpha value is -1.30. The third-order valence-corrected chi connectivity index (χ3v) is 12.1. The topological polar surface area (TPSA) is 51.2 Å². The molecule has 2 unspecified atom stereocenters. The highest BCUT2D eigenvalue weighted by atomic mass is 16.6. The predicted octanol–water partition coefficient (Wildman–Crippen LogP) is 4.72. The molecular formula is C30H43NO4. The Bertz CT molecular complexity index is 1070. The van der Waals surface area contributed by atoms with Crippen LogP contribution in [0.3, 0.4) is 0 Å². The molecule has 2 heterocycles. The monoisotopic (exact) mass is 481 g/mol. The molecule has 8 rings (SSSR count). The molecule has 192 valence electrons. The molecule has 1 aromatic carbocycles. The van der Waals surface area contributed by atoms with Gasteiger partial charge in [-0.1, -0.05) is 26.8 Å². The molecule has 4 saturated carbocycles. The van der Waals surface area contributed by atoms with Gasteiger partial charge in [0.25, 0.3) is 0 Å². The van der Waals surface area contributed by atoms with Crippen LogP contribution in [-0.4, -0.2) is 60.7 Å². The maximum Gasteiger partial charge on any atom is 0.165 e. The first-order valence-corrected chi connectivity index (χ1v) is 13.9. The van der Waals surface area contributed by atoms with Gasteiger partial charge in [-0.2, -0.15) is 0 Å². The summed E-state index contributed by atoms with van der Waals surface area (Å²) in [5, 5.41) is 12.3.